The first-order chi connectivity index (χ1) is 11.0. The first-order valence-electron chi connectivity index (χ1n) is 8.59. The molecule has 0 spiro atoms. The molecule has 4 heteroatoms. The summed E-state index contributed by atoms with van der Waals surface area (Å²) in [6.07, 6.45) is 7.67. The van der Waals surface area contributed by atoms with E-state index in [1.165, 1.54) is 38.5 Å². The molecule has 4 aliphatic rings. The fourth-order valence-electron chi connectivity index (χ4n) is 5.50. The summed E-state index contributed by atoms with van der Waals surface area (Å²) in [5, 5.41) is 1.36. The second-order valence-corrected chi connectivity index (χ2v) is 9.68. The monoisotopic (exact) mass is 368 g/mol. The fraction of sp³-hybridized carbons (Fsp3) is 0.632. The van der Waals surface area contributed by atoms with Crippen LogP contribution in [0.5, 0.6) is 0 Å². The third-order valence-corrected chi connectivity index (χ3v) is 7.70. The number of hydrogen-bond acceptors (Lipinski definition) is 2. The molecule has 1 nitrogen and oxygen atoms in total. The van der Waals surface area contributed by atoms with Crippen LogP contribution in [0.15, 0.2) is 18.2 Å². The predicted octanol–water partition coefficient (Wildman–Crippen LogP) is 6.01. The molecule has 0 atom stereocenters. The summed E-state index contributed by atoms with van der Waals surface area (Å²) in [6, 6.07) is 5.61. The number of benzene rings is 1. The van der Waals surface area contributed by atoms with Crippen LogP contribution >= 0.6 is 35.0 Å². The molecule has 0 saturated heterocycles. The molecule has 0 heterocycles. The molecule has 4 bridgehead atoms. The molecule has 124 valence electrons. The van der Waals surface area contributed by atoms with Gasteiger partial charge in [0, 0.05) is 21.2 Å². The smallest absolute Gasteiger partial charge is 0.148 e. The molecule has 4 aliphatic carbocycles. The van der Waals surface area contributed by atoms with Crippen LogP contribution in [-0.2, 0) is 10.5 Å². The quantitative estimate of drug-likeness (QED) is 0.632. The largest absolute Gasteiger partial charge is 0.298 e. The molecular weight excluding hydrogens is 347 g/mol. The molecule has 0 unspecified atom stereocenters. The number of thioether (sulfide) groups is 1. The van der Waals surface area contributed by atoms with E-state index in [0.717, 1.165) is 29.1 Å². The highest BCUT2D eigenvalue weighted by Gasteiger charge is 2.53. The number of rotatable bonds is 5. The van der Waals surface area contributed by atoms with Gasteiger partial charge in [-0.1, -0.05) is 29.3 Å². The lowest BCUT2D eigenvalue weighted by Crippen LogP contribution is -2.50. The van der Waals surface area contributed by atoms with E-state index < -0.39 is 0 Å². The minimum Gasteiger partial charge on any atom is -0.298 e. The summed E-state index contributed by atoms with van der Waals surface area (Å²) in [6.45, 7) is 0. The Morgan fingerprint density at radius 1 is 1.09 bits per heavy atom. The van der Waals surface area contributed by atoms with Gasteiger partial charge in [-0.25, -0.2) is 0 Å². The van der Waals surface area contributed by atoms with Crippen molar-refractivity contribution < 1.29 is 4.79 Å². The molecule has 0 amide bonds. The van der Waals surface area contributed by atoms with Gasteiger partial charge in [-0.2, -0.15) is 0 Å². The van der Waals surface area contributed by atoms with Crippen LogP contribution in [0.2, 0.25) is 10.0 Å². The fourth-order valence-corrected chi connectivity index (χ4v) is 7.12. The van der Waals surface area contributed by atoms with E-state index in [-0.39, 0.29) is 5.41 Å². The molecule has 5 rings (SSSR count). The standard InChI is InChI=1S/C19H22Cl2OS/c20-16-2-1-15(17(21)6-16)10-23-11-18(22)19-7-12-3-13(8-19)5-14(4-12)9-19/h1-2,6,12-14H,3-5,7-11H2. The van der Waals surface area contributed by atoms with Crippen molar-refractivity contribution >= 4 is 40.7 Å². The average molecular weight is 369 g/mol. The van der Waals surface area contributed by atoms with Crippen molar-refractivity contribution in [3.63, 3.8) is 0 Å². The van der Waals surface area contributed by atoms with Crippen molar-refractivity contribution in [3.05, 3.63) is 33.8 Å². The zero-order valence-corrected chi connectivity index (χ0v) is 15.5. The van der Waals surface area contributed by atoms with Crippen LogP contribution in [0, 0.1) is 23.2 Å². The predicted molar refractivity (Wildman–Crippen MR) is 98.2 cm³/mol. The first kappa shape index (κ1) is 16.3. The van der Waals surface area contributed by atoms with Crippen LogP contribution in [0.4, 0.5) is 0 Å². The molecule has 0 N–H and O–H groups in total. The Bertz CT molecular complexity index is 593. The van der Waals surface area contributed by atoms with E-state index in [1.54, 1.807) is 17.8 Å². The lowest BCUT2D eigenvalue weighted by molar-refractivity contribution is -0.141. The highest BCUT2D eigenvalue weighted by Crippen LogP contribution is 2.60. The van der Waals surface area contributed by atoms with Crippen molar-refractivity contribution in [3.8, 4) is 0 Å². The van der Waals surface area contributed by atoms with Gasteiger partial charge in [0.1, 0.15) is 5.78 Å². The van der Waals surface area contributed by atoms with E-state index >= 15 is 0 Å². The molecule has 4 saturated carbocycles. The highest BCUT2D eigenvalue weighted by molar-refractivity contribution is 7.99. The molecule has 1 aromatic carbocycles. The molecule has 4 fully saturated rings. The Morgan fingerprint density at radius 3 is 2.26 bits per heavy atom. The Balaban J connectivity index is 1.37. The van der Waals surface area contributed by atoms with E-state index in [1.807, 2.05) is 12.1 Å². The maximum atomic E-state index is 13.0. The number of carbonyl (C=O) groups excluding carboxylic acids is 1. The number of carbonyl (C=O) groups is 1. The lowest BCUT2D eigenvalue weighted by Gasteiger charge is -2.56. The van der Waals surface area contributed by atoms with Gasteiger partial charge < -0.3 is 0 Å². The second-order valence-electron chi connectivity index (χ2n) is 7.85. The van der Waals surface area contributed by atoms with Crippen molar-refractivity contribution in [2.75, 3.05) is 5.75 Å². The van der Waals surface area contributed by atoms with E-state index in [2.05, 4.69) is 0 Å². The van der Waals surface area contributed by atoms with E-state index in [4.69, 9.17) is 23.2 Å². The third-order valence-electron chi connectivity index (χ3n) is 6.14. The van der Waals surface area contributed by atoms with E-state index in [0.29, 0.717) is 21.6 Å². The Kier molecular flexibility index (Phi) is 4.45. The Labute approximate surface area is 152 Å². The van der Waals surface area contributed by atoms with Crippen molar-refractivity contribution in [2.45, 2.75) is 44.3 Å². The summed E-state index contributed by atoms with van der Waals surface area (Å²) >= 11 is 13.9. The molecule has 0 aliphatic heterocycles. The summed E-state index contributed by atoms with van der Waals surface area (Å²) in [7, 11) is 0. The van der Waals surface area contributed by atoms with Crippen LogP contribution in [0.3, 0.4) is 0 Å². The average Bonchev–Trinajstić information content (AvgIpc) is 2.48. The minimum atomic E-state index is 0.0333. The van der Waals surface area contributed by atoms with Crippen LogP contribution in [0.1, 0.15) is 44.1 Å². The van der Waals surface area contributed by atoms with Crippen LogP contribution in [0.25, 0.3) is 0 Å². The molecule has 23 heavy (non-hydrogen) atoms. The van der Waals surface area contributed by atoms with Gasteiger partial charge in [-0.3, -0.25) is 4.79 Å². The van der Waals surface area contributed by atoms with Crippen LogP contribution in [-0.4, -0.2) is 11.5 Å². The summed E-state index contributed by atoms with van der Waals surface area (Å²) in [5.74, 6) is 4.42. The topological polar surface area (TPSA) is 17.1 Å². The summed E-state index contributed by atoms with van der Waals surface area (Å²) in [5.41, 5.74) is 1.10. The van der Waals surface area contributed by atoms with Crippen molar-refractivity contribution in [1.29, 1.82) is 0 Å². The first-order valence-corrected chi connectivity index (χ1v) is 10.5. The van der Waals surface area contributed by atoms with Gasteiger partial charge in [0.15, 0.2) is 0 Å². The Hall–Kier alpha value is -0.180. The molecule has 0 aromatic heterocycles. The zero-order valence-electron chi connectivity index (χ0n) is 13.2. The second kappa shape index (κ2) is 6.28. The summed E-state index contributed by atoms with van der Waals surface area (Å²) in [4.78, 5) is 13.0. The van der Waals surface area contributed by atoms with Gasteiger partial charge >= 0.3 is 0 Å². The van der Waals surface area contributed by atoms with Gasteiger partial charge in [-0.15, -0.1) is 11.8 Å². The SMILES string of the molecule is O=C(CSCc1ccc(Cl)cc1Cl)C12CC3CC(CC(C3)C1)C2. The third kappa shape index (κ3) is 3.19. The number of hydrogen-bond donors (Lipinski definition) is 0. The lowest BCUT2D eigenvalue weighted by atomic mass is 9.48. The van der Waals surface area contributed by atoms with Crippen molar-refractivity contribution in [1.82, 2.24) is 0 Å². The minimum absolute atomic E-state index is 0.0333. The van der Waals surface area contributed by atoms with Crippen molar-refractivity contribution in [2.24, 2.45) is 23.2 Å². The molecular formula is C19H22Cl2OS. The summed E-state index contributed by atoms with van der Waals surface area (Å²) < 4.78 is 0. The van der Waals surface area contributed by atoms with E-state index in [9.17, 15) is 4.79 Å². The molecule has 0 radical (unpaired) electrons. The number of ketones is 1. The maximum Gasteiger partial charge on any atom is 0.148 e. The normalized spacial score (nSPS) is 34.8. The van der Waals surface area contributed by atoms with Gasteiger partial charge in [-0.05, 0) is 74.0 Å². The molecule has 1 aromatic rings. The number of Topliss-reactive ketones (excluding diaryl/α,β-unsaturated/α-hetero) is 1. The van der Waals surface area contributed by atoms with Gasteiger partial charge in [0.2, 0.25) is 0 Å². The van der Waals surface area contributed by atoms with Gasteiger partial charge in [0.25, 0.3) is 0 Å². The Morgan fingerprint density at radius 2 is 1.70 bits per heavy atom. The van der Waals surface area contributed by atoms with Crippen LogP contribution < -0.4 is 0 Å². The number of halogens is 2. The highest BCUT2D eigenvalue weighted by atomic mass is 35.5. The maximum absolute atomic E-state index is 13.0. The van der Waals surface area contributed by atoms with Gasteiger partial charge in [0.05, 0.1) is 5.75 Å². The zero-order chi connectivity index (χ0) is 16.0.